The summed E-state index contributed by atoms with van der Waals surface area (Å²) < 4.78 is 22.9. The third kappa shape index (κ3) is 4.40. The number of hydrogen-bond acceptors (Lipinski definition) is 5. The van der Waals surface area contributed by atoms with E-state index in [1.807, 2.05) is 12.1 Å². The molecule has 11 heteroatoms. The molecule has 0 spiro atoms. The van der Waals surface area contributed by atoms with Crippen LogP contribution in [0.15, 0.2) is 42.5 Å². The minimum absolute atomic E-state index is 0.0887. The first-order valence-corrected chi connectivity index (χ1v) is 12.0. The summed E-state index contributed by atoms with van der Waals surface area (Å²) >= 11 is 5.95. The fourth-order valence-electron chi connectivity index (χ4n) is 3.73. The van der Waals surface area contributed by atoms with Gasteiger partial charge in [-0.05, 0) is 35.4 Å². The average Bonchev–Trinajstić information content (AvgIpc) is 2.82. The Kier molecular flexibility index (Phi) is 5.44. The quantitative estimate of drug-likeness (QED) is 0.695. The molecule has 0 radical (unpaired) electrons. The van der Waals surface area contributed by atoms with E-state index in [1.54, 1.807) is 30.3 Å². The predicted molar refractivity (Wildman–Crippen MR) is 115 cm³/mol. The normalized spacial score (nSPS) is 18.7. The molecular formula is C20H20ClN4O5S+. The molecule has 4 rings (SSSR count). The Morgan fingerprint density at radius 1 is 1.16 bits per heavy atom. The SMILES string of the molecule is CS(=O)(=O)CC(=O)N1CCN2C(=O)c3cc(-c4ccc(Cl)cc4)ccc3N[N+](=O)C2C1. The number of rotatable bonds is 3. The molecule has 2 aromatic rings. The van der Waals surface area contributed by atoms with E-state index in [2.05, 4.69) is 5.43 Å². The fraction of sp³-hybridized carbons (Fsp3) is 0.300. The molecule has 0 saturated carbocycles. The fourth-order valence-corrected chi connectivity index (χ4v) is 4.49. The zero-order valence-electron chi connectivity index (χ0n) is 16.6. The van der Waals surface area contributed by atoms with Crippen molar-refractivity contribution in [2.24, 2.45) is 0 Å². The molecule has 0 aromatic heterocycles. The molecule has 1 fully saturated rings. The summed E-state index contributed by atoms with van der Waals surface area (Å²) in [5.41, 5.74) is 5.05. The molecule has 31 heavy (non-hydrogen) atoms. The molecule has 2 amide bonds. The van der Waals surface area contributed by atoms with Gasteiger partial charge in [0.15, 0.2) is 9.84 Å². The van der Waals surface area contributed by atoms with Gasteiger partial charge in [-0.1, -0.05) is 29.8 Å². The number of fused-ring (bicyclic) bond motifs is 2. The molecule has 162 valence electrons. The van der Waals surface area contributed by atoms with E-state index in [0.717, 1.165) is 17.4 Å². The van der Waals surface area contributed by atoms with Gasteiger partial charge in [-0.2, -0.15) is 0 Å². The number of carbonyl (C=O) groups is 2. The van der Waals surface area contributed by atoms with Crippen LogP contribution in [0.25, 0.3) is 11.1 Å². The molecular weight excluding hydrogens is 444 g/mol. The van der Waals surface area contributed by atoms with Crippen molar-refractivity contribution in [1.29, 1.82) is 0 Å². The summed E-state index contributed by atoms with van der Waals surface area (Å²) in [5, 5.41) is 0.601. The zero-order chi connectivity index (χ0) is 22.3. The highest BCUT2D eigenvalue weighted by molar-refractivity contribution is 7.91. The topological polar surface area (TPSA) is 107 Å². The average molecular weight is 464 g/mol. The van der Waals surface area contributed by atoms with E-state index in [1.165, 1.54) is 9.80 Å². The van der Waals surface area contributed by atoms with Crippen LogP contribution in [0.4, 0.5) is 5.69 Å². The molecule has 2 heterocycles. The lowest BCUT2D eigenvalue weighted by molar-refractivity contribution is -0.580. The Hall–Kier alpha value is -2.98. The van der Waals surface area contributed by atoms with E-state index in [4.69, 9.17) is 11.6 Å². The Balaban J connectivity index is 1.62. The van der Waals surface area contributed by atoms with Crippen LogP contribution in [0.1, 0.15) is 10.4 Å². The first-order valence-electron chi connectivity index (χ1n) is 9.52. The van der Waals surface area contributed by atoms with Crippen LogP contribution in [0.5, 0.6) is 0 Å². The number of anilines is 1. The van der Waals surface area contributed by atoms with Gasteiger partial charge in [0, 0.05) is 24.4 Å². The van der Waals surface area contributed by atoms with Crippen molar-refractivity contribution in [2.75, 3.05) is 37.1 Å². The number of piperazine rings is 1. The Labute approximate surface area is 184 Å². The van der Waals surface area contributed by atoms with Crippen LogP contribution in [0.3, 0.4) is 0 Å². The number of nitrogens with one attached hydrogen (secondary N) is 1. The number of halogens is 1. The number of nitroso groups, excluding NO2 is 1. The van der Waals surface area contributed by atoms with E-state index in [9.17, 15) is 22.9 Å². The number of hydrogen-bond donors (Lipinski definition) is 1. The van der Waals surface area contributed by atoms with Crippen LogP contribution in [0, 0.1) is 4.91 Å². The molecule has 0 bridgehead atoms. The van der Waals surface area contributed by atoms with E-state index < -0.39 is 27.7 Å². The molecule has 1 saturated heterocycles. The van der Waals surface area contributed by atoms with Gasteiger partial charge in [0.05, 0.1) is 10.5 Å². The van der Waals surface area contributed by atoms with Gasteiger partial charge in [-0.3, -0.25) is 14.5 Å². The number of carbonyl (C=O) groups excluding carboxylic acids is 2. The van der Waals surface area contributed by atoms with Crippen molar-refractivity contribution >= 4 is 38.9 Å². The first-order chi connectivity index (χ1) is 14.6. The second-order valence-corrected chi connectivity index (χ2v) is 10.2. The van der Waals surface area contributed by atoms with Crippen molar-refractivity contribution in [1.82, 2.24) is 9.80 Å². The third-order valence-corrected chi connectivity index (χ3v) is 6.31. The highest BCUT2D eigenvalue weighted by Crippen LogP contribution is 2.30. The lowest BCUT2D eigenvalue weighted by atomic mass is 10.0. The van der Waals surface area contributed by atoms with Crippen molar-refractivity contribution in [3.63, 3.8) is 0 Å². The van der Waals surface area contributed by atoms with Crippen LogP contribution in [-0.2, 0) is 14.6 Å². The summed E-state index contributed by atoms with van der Waals surface area (Å²) in [4.78, 5) is 41.5. The van der Waals surface area contributed by atoms with Crippen LogP contribution in [0.2, 0.25) is 5.02 Å². The van der Waals surface area contributed by atoms with Gasteiger partial charge in [0.1, 0.15) is 22.9 Å². The van der Waals surface area contributed by atoms with E-state index in [-0.39, 0.29) is 25.5 Å². The standard InChI is InChI=1S/C20H19ClN4O5S/c1-31(29,30)12-19(26)23-8-9-24-18(11-23)25(28)22-17-7-4-14(10-16(17)20(24)27)13-2-5-15(21)6-3-13/h2-7,10,18H,8-9,11-12H2,1H3/p+1. The number of hydrazine groups is 1. The molecule has 1 N–H and O–H groups in total. The minimum atomic E-state index is -3.50. The molecule has 2 aromatic carbocycles. The van der Waals surface area contributed by atoms with Crippen molar-refractivity contribution in [3.05, 3.63) is 58.0 Å². The molecule has 1 unspecified atom stereocenters. The number of amides is 2. The zero-order valence-corrected chi connectivity index (χ0v) is 18.2. The Morgan fingerprint density at radius 3 is 2.52 bits per heavy atom. The van der Waals surface area contributed by atoms with Crippen molar-refractivity contribution in [3.8, 4) is 11.1 Å². The van der Waals surface area contributed by atoms with Gasteiger partial charge < -0.3 is 4.90 Å². The van der Waals surface area contributed by atoms with E-state index >= 15 is 0 Å². The smallest absolute Gasteiger partial charge is 0.328 e. The van der Waals surface area contributed by atoms with E-state index in [0.29, 0.717) is 21.1 Å². The Bertz CT molecular complexity index is 1180. The van der Waals surface area contributed by atoms with Crippen molar-refractivity contribution < 1.29 is 22.9 Å². The van der Waals surface area contributed by atoms with Gasteiger partial charge in [0.25, 0.3) is 5.91 Å². The second kappa shape index (κ2) is 7.93. The number of nitrogens with zero attached hydrogens (tertiary/aromatic N) is 3. The lowest BCUT2D eigenvalue weighted by Crippen LogP contribution is -2.60. The molecule has 9 nitrogen and oxygen atoms in total. The molecule has 0 aliphatic carbocycles. The summed E-state index contributed by atoms with van der Waals surface area (Å²) in [6.07, 6.45) is 0.00307. The monoisotopic (exact) mass is 463 g/mol. The van der Waals surface area contributed by atoms with Gasteiger partial charge >= 0.3 is 6.17 Å². The van der Waals surface area contributed by atoms with Crippen LogP contribution < -0.4 is 5.43 Å². The summed E-state index contributed by atoms with van der Waals surface area (Å²) in [5.74, 6) is -1.56. The van der Waals surface area contributed by atoms with Crippen LogP contribution >= 0.6 is 11.6 Å². The lowest BCUT2D eigenvalue weighted by Gasteiger charge is -2.34. The molecule has 2 aliphatic heterocycles. The van der Waals surface area contributed by atoms with Gasteiger partial charge in [-0.15, -0.1) is 5.43 Å². The largest absolute Gasteiger partial charge is 0.331 e. The Morgan fingerprint density at radius 2 is 1.84 bits per heavy atom. The van der Waals surface area contributed by atoms with Gasteiger partial charge in [0.2, 0.25) is 5.91 Å². The number of benzene rings is 2. The maximum atomic E-state index is 13.3. The summed E-state index contributed by atoms with van der Waals surface area (Å²) in [7, 11) is -3.50. The van der Waals surface area contributed by atoms with Crippen molar-refractivity contribution in [2.45, 2.75) is 6.17 Å². The summed E-state index contributed by atoms with van der Waals surface area (Å²) in [6, 6.07) is 12.4. The highest BCUT2D eigenvalue weighted by atomic mass is 35.5. The summed E-state index contributed by atoms with van der Waals surface area (Å²) in [6.45, 7) is 0.176. The molecule has 1 atom stereocenters. The predicted octanol–water partition coefficient (Wildman–Crippen LogP) is 1.78. The highest BCUT2D eigenvalue weighted by Gasteiger charge is 2.46. The number of sulfone groups is 1. The maximum Gasteiger partial charge on any atom is 0.328 e. The van der Waals surface area contributed by atoms with Gasteiger partial charge in [-0.25, -0.2) is 8.42 Å². The first kappa shape index (κ1) is 21.3. The minimum Gasteiger partial charge on any atom is -0.331 e. The maximum absolute atomic E-state index is 13.3. The van der Waals surface area contributed by atoms with Crippen LogP contribution in [-0.4, -0.2) is 72.7 Å². The second-order valence-electron chi connectivity index (χ2n) is 7.59. The third-order valence-electron chi connectivity index (χ3n) is 5.28. The molecule has 2 aliphatic rings.